The smallest absolute Gasteiger partial charge is 0.184 e. The first-order chi connectivity index (χ1) is 21.8. The van der Waals surface area contributed by atoms with Gasteiger partial charge in [0.15, 0.2) is 12.1 Å². The number of nitrogens with zero attached hydrogens (tertiary/aromatic N) is 6. The summed E-state index contributed by atoms with van der Waals surface area (Å²) < 4.78 is 50.3. The maximum absolute atomic E-state index is 14.3. The van der Waals surface area contributed by atoms with Crippen molar-refractivity contribution in [1.29, 1.82) is 0 Å². The highest BCUT2D eigenvalue weighted by atomic mass is 35.5. The molecule has 5 unspecified atom stereocenters. The van der Waals surface area contributed by atoms with Crippen LogP contribution < -0.4 is 5.73 Å². The molecule has 2 saturated heterocycles. The largest absolute Gasteiger partial charge is 0.387 e. The number of aliphatic imine (C=N–C) groups is 2. The van der Waals surface area contributed by atoms with E-state index in [0.29, 0.717) is 23.8 Å². The minimum absolute atomic E-state index is 0.194. The van der Waals surface area contributed by atoms with Crippen molar-refractivity contribution in [3.63, 3.8) is 0 Å². The molecule has 45 heavy (non-hydrogen) atoms. The minimum atomic E-state index is -0.890. The number of benzene rings is 3. The van der Waals surface area contributed by atoms with Gasteiger partial charge in [-0.25, -0.2) is 28.4 Å². The first-order valence-corrected chi connectivity index (χ1v) is 15.3. The van der Waals surface area contributed by atoms with Crippen LogP contribution in [0, 0.1) is 11.6 Å². The van der Waals surface area contributed by atoms with E-state index in [1.165, 1.54) is 11.3 Å². The zero-order valence-corrected chi connectivity index (χ0v) is 25.3. The number of fused-ring (bicyclic) bond motifs is 2. The van der Waals surface area contributed by atoms with Gasteiger partial charge in [-0.3, -0.25) is 0 Å². The maximum atomic E-state index is 14.3. The molecule has 2 aromatic heterocycles. The van der Waals surface area contributed by atoms with Gasteiger partial charge >= 0.3 is 0 Å². The normalized spacial score (nSPS) is 24.1. The van der Waals surface area contributed by atoms with Crippen molar-refractivity contribution in [2.45, 2.75) is 44.0 Å². The molecule has 3 aromatic carbocycles. The highest BCUT2D eigenvalue weighted by Crippen LogP contribution is 2.40. The van der Waals surface area contributed by atoms with Crippen LogP contribution >= 0.6 is 22.9 Å². The average molecular weight is 650 g/mol. The standard InChI is InChI=1S/C31H26ClF2N7O3S/c1-16(35)37-30(38-19-7-8-22-27(11-19)45-15-36-22)25-12-24(29-26(43-25)14-42-31(44-29)17-5-3-2-4-6-17)41-13-23(39-40-41)18-9-20(33)28(32)21(34)10-18/h2-11,13,15,24-26,29,31H,12,14H2,1H3,(H2,35,37,38). The molecule has 4 heterocycles. The van der Waals surface area contributed by atoms with Crippen molar-refractivity contribution in [2.24, 2.45) is 15.7 Å². The summed E-state index contributed by atoms with van der Waals surface area (Å²) in [5.74, 6) is -1.10. The molecule has 0 radical (unpaired) electrons. The first kappa shape index (κ1) is 29.6. The van der Waals surface area contributed by atoms with Gasteiger partial charge < -0.3 is 19.9 Å². The summed E-state index contributed by atoms with van der Waals surface area (Å²) >= 11 is 7.21. The number of thiazole rings is 1. The Kier molecular flexibility index (Phi) is 8.10. The molecule has 5 atom stereocenters. The van der Waals surface area contributed by atoms with Crippen molar-refractivity contribution < 1.29 is 23.0 Å². The summed E-state index contributed by atoms with van der Waals surface area (Å²) in [4.78, 5) is 13.7. The topological polar surface area (TPSA) is 122 Å². The molecule has 2 aliphatic rings. The Balaban J connectivity index is 1.26. The maximum Gasteiger partial charge on any atom is 0.184 e. The molecule has 5 aromatic rings. The fourth-order valence-electron chi connectivity index (χ4n) is 5.50. The lowest BCUT2D eigenvalue weighted by Crippen LogP contribution is -2.54. The fraction of sp³-hybridized carbons (Fsp3) is 0.258. The van der Waals surface area contributed by atoms with Gasteiger partial charge in [0.25, 0.3) is 0 Å². The number of aromatic nitrogens is 4. The van der Waals surface area contributed by atoms with Gasteiger partial charge in [-0.15, -0.1) is 16.4 Å². The molecule has 7 rings (SSSR count). The van der Waals surface area contributed by atoms with Crippen LogP contribution in [0.2, 0.25) is 5.02 Å². The summed E-state index contributed by atoms with van der Waals surface area (Å²) in [7, 11) is 0. The summed E-state index contributed by atoms with van der Waals surface area (Å²) in [5, 5.41) is 8.00. The molecule has 2 N–H and O–H groups in total. The van der Waals surface area contributed by atoms with Crippen LogP contribution in [0.5, 0.6) is 0 Å². The van der Waals surface area contributed by atoms with E-state index in [-0.39, 0.29) is 17.9 Å². The van der Waals surface area contributed by atoms with Gasteiger partial charge in [0, 0.05) is 17.5 Å². The summed E-state index contributed by atoms with van der Waals surface area (Å²) in [6.07, 6.45) is -0.381. The van der Waals surface area contributed by atoms with Crippen LogP contribution in [-0.4, -0.2) is 56.6 Å². The van der Waals surface area contributed by atoms with Crippen molar-refractivity contribution >= 4 is 50.5 Å². The van der Waals surface area contributed by atoms with E-state index in [1.54, 1.807) is 23.3 Å². The van der Waals surface area contributed by atoms with Crippen LogP contribution in [-0.2, 0) is 14.2 Å². The van der Waals surface area contributed by atoms with E-state index in [2.05, 4.69) is 20.3 Å². The molecule has 10 nitrogen and oxygen atoms in total. The van der Waals surface area contributed by atoms with Gasteiger partial charge in [0.1, 0.15) is 40.7 Å². The molecule has 2 fully saturated rings. The Bertz CT molecular complexity index is 1890. The van der Waals surface area contributed by atoms with Crippen LogP contribution in [0.1, 0.15) is 31.2 Å². The number of rotatable bonds is 5. The zero-order chi connectivity index (χ0) is 31.1. The van der Waals surface area contributed by atoms with Crippen LogP contribution in [0.3, 0.4) is 0 Å². The Morgan fingerprint density at radius 3 is 2.67 bits per heavy atom. The van der Waals surface area contributed by atoms with Gasteiger partial charge in [-0.2, -0.15) is 0 Å². The molecule has 0 saturated carbocycles. The second-order valence-electron chi connectivity index (χ2n) is 10.7. The number of hydrogen-bond acceptors (Lipinski definition) is 8. The number of halogens is 3. The fourth-order valence-corrected chi connectivity index (χ4v) is 6.32. The Morgan fingerprint density at radius 2 is 1.89 bits per heavy atom. The molecule has 0 aliphatic carbocycles. The number of amidine groups is 2. The van der Waals surface area contributed by atoms with Gasteiger partial charge in [-0.1, -0.05) is 47.1 Å². The van der Waals surface area contributed by atoms with Gasteiger partial charge in [0.05, 0.1) is 46.1 Å². The van der Waals surface area contributed by atoms with E-state index in [0.717, 1.165) is 27.9 Å². The molecule has 0 bridgehead atoms. The third-order valence-corrected chi connectivity index (χ3v) is 8.72. The average Bonchev–Trinajstić information content (AvgIpc) is 3.73. The second kappa shape index (κ2) is 12.3. The van der Waals surface area contributed by atoms with Crippen molar-refractivity contribution in [3.8, 4) is 11.3 Å². The Morgan fingerprint density at radius 1 is 1.09 bits per heavy atom. The van der Waals surface area contributed by atoms with E-state index in [4.69, 9.17) is 36.5 Å². The quantitative estimate of drug-likeness (QED) is 0.133. The number of nitrogens with two attached hydrogens (primary N) is 1. The molecule has 230 valence electrons. The van der Waals surface area contributed by atoms with E-state index in [9.17, 15) is 8.78 Å². The second-order valence-corrected chi connectivity index (χ2v) is 12.0. The first-order valence-electron chi connectivity index (χ1n) is 14.1. The van der Waals surface area contributed by atoms with E-state index < -0.39 is 47.3 Å². The summed E-state index contributed by atoms with van der Waals surface area (Å²) in [6, 6.07) is 17.1. The van der Waals surface area contributed by atoms with Crippen molar-refractivity contribution in [2.75, 3.05) is 6.61 Å². The minimum Gasteiger partial charge on any atom is -0.387 e. The molecule has 14 heteroatoms. The number of ether oxygens (including phenoxy) is 3. The van der Waals surface area contributed by atoms with Crippen LogP contribution in [0.15, 0.2) is 82.4 Å². The third kappa shape index (κ3) is 6.09. The SMILES string of the molecule is CC(N)=NC(=Nc1ccc2ncsc2c1)C1CC(n2cc(-c3cc(F)c(Cl)c(F)c3)nn2)C2OC(c3ccccc3)OCC2O1. The molecule has 0 spiro atoms. The Hall–Kier alpha value is -4.14. The van der Waals surface area contributed by atoms with Gasteiger partial charge in [-0.05, 0) is 37.3 Å². The number of hydrogen-bond donors (Lipinski definition) is 1. The lowest BCUT2D eigenvalue weighted by atomic mass is 9.93. The highest BCUT2D eigenvalue weighted by Gasteiger charge is 2.47. The van der Waals surface area contributed by atoms with E-state index in [1.807, 2.05) is 48.5 Å². The van der Waals surface area contributed by atoms with Crippen molar-refractivity contribution in [1.82, 2.24) is 20.0 Å². The lowest BCUT2D eigenvalue weighted by molar-refractivity contribution is -0.294. The lowest BCUT2D eigenvalue weighted by Gasteiger charge is -2.45. The molecular formula is C31H26ClF2N7O3S. The zero-order valence-electron chi connectivity index (χ0n) is 23.8. The van der Waals surface area contributed by atoms with Gasteiger partial charge in [0.2, 0.25) is 0 Å². The van der Waals surface area contributed by atoms with Crippen LogP contribution in [0.25, 0.3) is 21.5 Å². The summed E-state index contributed by atoms with van der Waals surface area (Å²) in [6.45, 7) is 1.90. The summed E-state index contributed by atoms with van der Waals surface area (Å²) in [5.41, 5.74) is 10.7. The predicted octanol–water partition coefficient (Wildman–Crippen LogP) is 6.41. The Labute approximate surface area is 265 Å². The predicted molar refractivity (Wildman–Crippen MR) is 167 cm³/mol. The monoisotopic (exact) mass is 649 g/mol. The van der Waals surface area contributed by atoms with Crippen molar-refractivity contribution in [3.05, 3.63) is 94.6 Å². The third-order valence-electron chi connectivity index (χ3n) is 7.57. The van der Waals surface area contributed by atoms with E-state index >= 15 is 0 Å². The molecule has 2 aliphatic heterocycles. The molecule has 0 amide bonds. The molecular weight excluding hydrogens is 624 g/mol. The highest BCUT2D eigenvalue weighted by molar-refractivity contribution is 7.16. The van der Waals surface area contributed by atoms with Crippen LogP contribution in [0.4, 0.5) is 14.5 Å².